The fourth-order valence-electron chi connectivity index (χ4n) is 1.39. The molecule has 0 unspecified atom stereocenters. The molecule has 1 rings (SSSR count). The van der Waals surface area contributed by atoms with Gasteiger partial charge >= 0.3 is 5.97 Å². The fraction of sp³-hybridized carbons (Fsp3) is 0.273. The predicted molar refractivity (Wildman–Crippen MR) is 52.2 cm³/mol. The van der Waals surface area contributed by atoms with E-state index < -0.39 is 12.4 Å². The van der Waals surface area contributed by atoms with Crippen LogP contribution in [-0.2, 0) is 11.2 Å². The SMILES string of the molecule is Cc1c(C#N)cc(C(F)F)cc1CC(=O)O. The Kier molecular flexibility index (Phi) is 3.56. The third-order valence-electron chi connectivity index (χ3n) is 2.25. The highest BCUT2D eigenvalue weighted by Crippen LogP contribution is 2.24. The van der Waals surface area contributed by atoms with Gasteiger partial charge in [-0.15, -0.1) is 0 Å². The van der Waals surface area contributed by atoms with Gasteiger partial charge in [0.1, 0.15) is 0 Å². The maximum Gasteiger partial charge on any atom is 0.307 e. The molecule has 0 aromatic heterocycles. The molecule has 0 bridgehead atoms. The van der Waals surface area contributed by atoms with E-state index >= 15 is 0 Å². The molecule has 0 heterocycles. The first-order chi connectivity index (χ1) is 7.45. The largest absolute Gasteiger partial charge is 0.481 e. The number of carbonyl (C=O) groups is 1. The molecule has 5 heteroatoms. The smallest absolute Gasteiger partial charge is 0.307 e. The summed E-state index contributed by atoms with van der Waals surface area (Å²) < 4.78 is 25.0. The van der Waals surface area contributed by atoms with E-state index in [9.17, 15) is 13.6 Å². The van der Waals surface area contributed by atoms with Gasteiger partial charge in [-0.3, -0.25) is 4.79 Å². The lowest BCUT2D eigenvalue weighted by Crippen LogP contribution is -2.04. The summed E-state index contributed by atoms with van der Waals surface area (Å²) in [5.74, 6) is -1.11. The molecule has 0 atom stereocenters. The topological polar surface area (TPSA) is 61.1 Å². The second kappa shape index (κ2) is 4.71. The first kappa shape index (κ1) is 12.1. The van der Waals surface area contributed by atoms with Gasteiger partial charge in [0, 0.05) is 5.56 Å². The Morgan fingerprint density at radius 3 is 2.62 bits per heavy atom. The molecule has 0 saturated heterocycles. The minimum absolute atomic E-state index is 0.0917. The van der Waals surface area contributed by atoms with Crippen molar-refractivity contribution in [1.29, 1.82) is 5.26 Å². The van der Waals surface area contributed by atoms with Gasteiger partial charge in [0.05, 0.1) is 18.1 Å². The summed E-state index contributed by atoms with van der Waals surface area (Å²) >= 11 is 0. The maximum absolute atomic E-state index is 12.5. The van der Waals surface area contributed by atoms with Crippen molar-refractivity contribution >= 4 is 5.97 Å². The number of halogens is 2. The average molecular weight is 225 g/mol. The molecular formula is C11H9F2NO2. The van der Waals surface area contributed by atoms with Crippen molar-refractivity contribution in [2.75, 3.05) is 0 Å². The van der Waals surface area contributed by atoms with Gasteiger partial charge in [-0.1, -0.05) is 0 Å². The van der Waals surface area contributed by atoms with E-state index in [1.807, 2.05) is 0 Å². The normalized spacial score (nSPS) is 10.2. The molecule has 1 N–H and O–H groups in total. The highest BCUT2D eigenvalue weighted by atomic mass is 19.3. The van der Waals surface area contributed by atoms with E-state index in [4.69, 9.17) is 10.4 Å². The molecule has 1 aromatic rings. The van der Waals surface area contributed by atoms with Crippen LogP contribution in [0.2, 0.25) is 0 Å². The van der Waals surface area contributed by atoms with E-state index in [0.717, 1.165) is 12.1 Å². The van der Waals surface area contributed by atoms with Gasteiger partial charge in [0.15, 0.2) is 0 Å². The number of benzene rings is 1. The molecule has 0 amide bonds. The molecule has 16 heavy (non-hydrogen) atoms. The summed E-state index contributed by atoms with van der Waals surface area (Å²) in [6.07, 6.45) is -3.07. The summed E-state index contributed by atoms with van der Waals surface area (Å²) in [6.45, 7) is 1.55. The van der Waals surface area contributed by atoms with Crippen LogP contribution >= 0.6 is 0 Å². The highest BCUT2D eigenvalue weighted by Gasteiger charge is 2.14. The van der Waals surface area contributed by atoms with Gasteiger partial charge in [0.2, 0.25) is 0 Å². The molecule has 0 radical (unpaired) electrons. The van der Waals surface area contributed by atoms with Crippen LogP contribution < -0.4 is 0 Å². The first-order valence-electron chi connectivity index (χ1n) is 4.49. The third-order valence-corrected chi connectivity index (χ3v) is 2.25. The summed E-state index contributed by atoms with van der Waals surface area (Å²) in [6, 6.07) is 4.00. The van der Waals surface area contributed by atoms with Crippen LogP contribution in [0.4, 0.5) is 8.78 Å². The van der Waals surface area contributed by atoms with Crippen LogP contribution in [0.1, 0.15) is 28.7 Å². The van der Waals surface area contributed by atoms with Crippen LogP contribution in [0.25, 0.3) is 0 Å². The van der Waals surface area contributed by atoms with Gasteiger partial charge in [-0.25, -0.2) is 8.78 Å². The van der Waals surface area contributed by atoms with Crippen molar-refractivity contribution in [2.24, 2.45) is 0 Å². The number of nitrogens with zero attached hydrogens (tertiary/aromatic N) is 1. The van der Waals surface area contributed by atoms with Crippen LogP contribution in [-0.4, -0.2) is 11.1 Å². The highest BCUT2D eigenvalue weighted by molar-refractivity contribution is 5.71. The monoisotopic (exact) mass is 225 g/mol. The summed E-state index contributed by atoms with van der Waals surface area (Å²) in [5, 5.41) is 17.4. The van der Waals surface area contributed by atoms with E-state index in [0.29, 0.717) is 5.56 Å². The molecule has 0 aliphatic rings. The minimum Gasteiger partial charge on any atom is -0.481 e. The van der Waals surface area contributed by atoms with Gasteiger partial charge in [-0.2, -0.15) is 5.26 Å². The summed E-state index contributed by atoms with van der Waals surface area (Å²) in [7, 11) is 0. The number of rotatable bonds is 3. The number of hydrogen-bond acceptors (Lipinski definition) is 2. The zero-order chi connectivity index (χ0) is 12.3. The Morgan fingerprint density at radius 1 is 1.56 bits per heavy atom. The Hall–Kier alpha value is -1.96. The number of alkyl halides is 2. The standard InChI is InChI=1S/C11H9F2NO2/c1-6-7(4-10(15)16)2-8(11(12)13)3-9(6)5-14/h2-3,11H,4H2,1H3,(H,15,16). The number of hydrogen-bond donors (Lipinski definition) is 1. The van der Waals surface area contributed by atoms with Gasteiger partial charge < -0.3 is 5.11 Å². The van der Waals surface area contributed by atoms with Crippen molar-refractivity contribution in [3.8, 4) is 6.07 Å². The third kappa shape index (κ3) is 2.54. The summed E-state index contributed by atoms with van der Waals surface area (Å²) in [4.78, 5) is 10.5. The Bertz CT molecular complexity index is 464. The quantitative estimate of drug-likeness (QED) is 0.859. The lowest BCUT2D eigenvalue weighted by molar-refractivity contribution is -0.136. The molecule has 0 fully saturated rings. The molecule has 0 saturated carbocycles. The van der Waals surface area contributed by atoms with Crippen molar-refractivity contribution in [3.05, 3.63) is 34.4 Å². The van der Waals surface area contributed by atoms with Crippen molar-refractivity contribution in [3.63, 3.8) is 0 Å². The maximum atomic E-state index is 12.5. The predicted octanol–water partition coefficient (Wildman–Crippen LogP) is 2.43. The van der Waals surface area contributed by atoms with Crippen LogP contribution in [0.15, 0.2) is 12.1 Å². The number of aliphatic carboxylic acids is 1. The summed E-state index contributed by atoms with van der Waals surface area (Å²) in [5.41, 5.74) is 0.462. The number of carboxylic acids is 1. The van der Waals surface area contributed by atoms with Crippen LogP contribution in [0.5, 0.6) is 0 Å². The number of carboxylic acid groups (broad SMARTS) is 1. The number of nitriles is 1. The van der Waals surface area contributed by atoms with E-state index in [2.05, 4.69) is 0 Å². The van der Waals surface area contributed by atoms with Crippen molar-refractivity contribution in [2.45, 2.75) is 19.8 Å². The molecule has 84 valence electrons. The molecule has 1 aromatic carbocycles. The Labute approximate surface area is 90.9 Å². The van der Waals surface area contributed by atoms with Gasteiger partial charge in [-0.05, 0) is 30.2 Å². The van der Waals surface area contributed by atoms with E-state index in [1.165, 1.54) is 0 Å². The first-order valence-corrected chi connectivity index (χ1v) is 4.49. The minimum atomic E-state index is -2.71. The van der Waals surface area contributed by atoms with Crippen LogP contribution in [0.3, 0.4) is 0 Å². The second-order valence-electron chi connectivity index (χ2n) is 3.34. The van der Waals surface area contributed by atoms with Gasteiger partial charge in [0.25, 0.3) is 6.43 Å². The van der Waals surface area contributed by atoms with Crippen LogP contribution in [0, 0.1) is 18.3 Å². The fourth-order valence-corrected chi connectivity index (χ4v) is 1.39. The Morgan fingerprint density at radius 2 is 2.19 bits per heavy atom. The second-order valence-corrected chi connectivity index (χ2v) is 3.34. The lowest BCUT2D eigenvalue weighted by atomic mass is 9.97. The van der Waals surface area contributed by atoms with E-state index in [1.54, 1.807) is 13.0 Å². The lowest BCUT2D eigenvalue weighted by Gasteiger charge is -2.08. The average Bonchev–Trinajstić information content (AvgIpc) is 2.20. The molecule has 0 aliphatic heterocycles. The molecule has 0 aliphatic carbocycles. The molecule has 3 nitrogen and oxygen atoms in total. The molecule has 0 spiro atoms. The molecular weight excluding hydrogens is 216 g/mol. The van der Waals surface area contributed by atoms with Crippen molar-refractivity contribution < 1.29 is 18.7 Å². The zero-order valence-electron chi connectivity index (χ0n) is 8.50. The zero-order valence-corrected chi connectivity index (χ0v) is 8.50. The van der Waals surface area contributed by atoms with Crippen molar-refractivity contribution in [1.82, 2.24) is 0 Å². The van der Waals surface area contributed by atoms with E-state index in [-0.39, 0.29) is 23.1 Å². The Balaban J connectivity index is 3.31.